The molecule has 1 aromatic heterocycles. The summed E-state index contributed by atoms with van der Waals surface area (Å²) < 4.78 is 0. The Morgan fingerprint density at radius 3 is 2.81 bits per heavy atom. The number of anilines is 3. The largest absolute Gasteiger partial charge is 0.342 e. The van der Waals surface area contributed by atoms with Gasteiger partial charge in [-0.25, -0.2) is 0 Å². The molecule has 0 spiro atoms. The maximum Gasteiger partial charge on any atom is 0.258 e. The van der Waals surface area contributed by atoms with Gasteiger partial charge < -0.3 is 15.5 Å². The maximum atomic E-state index is 13.2. The number of aromatic amines is 1. The minimum Gasteiger partial charge on any atom is -0.342 e. The zero-order valence-electron chi connectivity index (χ0n) is 17.9. The third kappa shape index (κ3) is 3.72. The van der Waals surface area contributed by atoms with Crippen LogP contribution in [0.4, 0.5) is 17.5 Å². The topological polar surface area (TPSA) is 107 Å². The van der Waals surface area contributed by atoms with Gasteiger partial charge in [0.2, 0.25) is 17.8 Å². The van der Waals surface area contributed by atoms with Gasteiger partial charge >= 0.3 is 0 Å². The Labute approximate surface area is 185 Å². The minimum atomic E-state index is -0.914. The van der Waals surface area contributed by atoms with Crippen LogP contribution in [0.5, 0.6) is 0 Å². The number of hydrogen-bond acceptors (Lipinski definition) is 5. The summed E-state index contributed by atoms with van der Waals surface area (Å²) in [6.45, 7) is 3.75. The number of hydrogen-bond donors (Lipinski definition) is 3. The van der Waals surface area contributed by atoms with Crippen molar-refractivity contribution in [2.45, 2.75) is 32.1 Å². The van der Waals surface area contributed by atoms with E-state index in [0.717, 1.165) is 36.7 Å². The summed E-state index contributed by atoms with van der Waals surface area (Å²) in [5, 5.41) is 7.50. The van der Waals surface area contributed by atoms with Crippen LogP contribution in [-0.2, 0) is 9.59 Å². The summed E-state index contributed by atoms with van der Waals surface area (Å²) in [5.74, 6) is -0.523. The molecule has 2 amide bonds. The van der Waals surface area contributed by atoms with Crippen molar-refractivity contribution in [3.63, 3.8) is 0 Å². The molecule has 0 aliphatic carbocycles. The van der Waals surface area contributed by atoms with Gasteiger partial charge in [-0.1, -0.05) is 43.3 Å². The minimum absolute atomic E-state index is 0.103. The smallest absolute Gasteiger partial charge is 0.258 e. The second kappa shape index (κ2) is 8.11. The fourth-order valence-electron chi connectivity index (χ4n) is 4.67. The van der Waals surface area contributed by atoms with Gasteiger partial charge in [-0.3, -0.25) is 19.4 Å². The van der Waals surface area contributed by atoms with Gasteiger partial charge in [0.05, 0.1) is 11.5 Å². The molecule has 3 N–H and O–H groups in total. The van der Waals surface area contributed by atoms with Crippen molar-refractivity contribution in [3.05, 3.63) is 58.4 Å². The summed E-state index contributed by atoms with van der Waals surface area (Å²) in [5.41, 5.74) is 0.460. The van der Waals surface area contributed by atoms with Crippen LogP contribution in [0.1, 0.15) is 37.7 Å². The Morgan fingerprint density at radius 1 is 1.16 bits per heavy atom. The van der Waals surface area contributed by atoms with Crippen LogP contribution in [0.3, 0.4) is 0 Å². The molecule has 1 fully saturated rings. The van der Waals surface area contributed by atoms with E-state index in [9.17, 15) is 14.4 Å². The number of carbonyl (C=O) groups excluding carboxylic acids is 2. The first-order chi connectivity index (χ1) is 15.5. The number of amides is 2. The predicted octanol–water partition coefficient (Wildman–Crippen LogP) is 3.22. The van der Waals surface area contributed by atoms with E-state index in [1.54, 1.807) is 0 Å². The number of rotatable bonds is 3. The highest BCUT2D eigenvalue weighted by atomic mass is 16.2. The SMILES string of the molecule is C[C@@H]1CCCN(c2nc3c(c(=O)[nH]2)[C@H](C(=O)Nc2cccc4ccccc24)CC(=O)N3)C1. The van der Waals surface area contributed by atoms with Crippen LogP contribution in [0.2, 0.25) is 0 Å². The average Bonchev–Trinajstić information content (AvgIpc) is 2.78. The van der Waals surface area contributed by atoms with E-state index < -0.39 is 11.8 Å². The van der Waals surface area contributed by atoms with E-state index in [4.69, 9.17) is 0 Å². The zero-order chi connectivity index (χ0) is 22.2. The molecule has 1 saturated heterocycles. The highest BCUT2D eigenvalue weighted by molar-refractivity contribution is 6.08. The Balaban J connectivity index is 1.48. The molecule has 0 bridgehead atoms. The summed E-state index contributed by atoms with van der Waals surface area (Å²) >= 11 is 0. The van der Waals surface area contributed by atoms with Crippen LogP contribution in [0.25, 0.3) is 10.8 Å². The molecule has 8 heteroatoms. The molecule has 0 radical (unpaired) electrons. The number of nitrogens with one attached hydrogen (secondary N) is 3. The first-order valence-electron chi connectivity index (χ1n) is 11.0. The van der Waals surface area contributed by atoms with Crippen LogP contribution in [0, 0.1) is 5.92 Å². The van der Waals surface area contributed by atoms with Crippen molar-refractivity contribution >= 4 is 40.0 Å². The molecule has 5 rings (SSSR count). The van der Waals surface area contributed by atoms with Crippen molar-refractivity contribution in [1.29, 1.82) is 0 Å². The quantitative estimate of drug-likeness (QED) is 0.590. The molecule has 3 heterocycles. The standard InChI is InChI=1S/C24H25N5O3/c1-14-6-5-11-29(13-14)24-27-21-20(23(32)28-24)17(12-19(30)26-21)22(31)25-18-10-4-8-15-7-2-3-9-16(15)18/h2-4,7-10,14,17H,5-6,11-13H2,1H3,(H,25,31)(H2,26,27,28,30,32)/t14-,17-/m1/s1. The van der Waals surface area contributed by atoms with E-state index in [0.29, 0.717) is 17.6 Å². The second-order valence-electron chi connectivity index (χ2n) is 8.67. The van der Waals surface area contributed by atoms with Gasteiger partial charge in [-0.15, -0.1) is 0 Å². The zero-order valence-corrected chi connectivity index (χ0v) is 17.9. The molecule has 0 unspecified atom stereocenters. The molecule has 164 valence electrons. The number of nitrogens with zero attached hydrogens (tertiary/aromatic N) is 2. The first-order valence-corrected chi connectivity index (χ1v) is 11.0. The van der Waals surface area contributed by atoms with Crippen LogP contribution < -0.4 is 21.1 Å². The molecule has 3 aromatic rings. The van der Waals surface area contributed by atoms with Crippen molar-refractivity contribution in [3.8, 4) is 0 Å². The first kappa shape index (κ1) is 20.2. The third-order valence-corrected chi connectivity index (χ3v) is 6.26. The maximum absolute atomic E-state index is 13.2. The molecule has 8 nitrogen and oxygen atoms in total. The van der Waals surface area contributed by atoms with E-state index in [2.05, 4.69) is 27.5 Å². The Hall–Kier alpha value is -3.68. The van der Waals surface area contributed by atoms with Crippen LogP contribution >= 0.6 is 0 Å². The lowest BCUT2D eigenvalue weighted by molar-refractivity contribution is -0.123. The normalized spacial score (nSPS) is 20.5. The molecule has 2 atom stereocenters. The highest BCUT2D eigenvalue weighted by Gasteiger charge is 2.35. The van der Waals surface area contributed by atoms with Gasteiger partial charge in [0, 0.05) is 30.6 Å². The van der Waals surface area contributed by atoms with Crippen molar-refractivity contribution in [2.24, 2.45) is 5.92 Å². The van der Waals surface area contributed by atoms with Crippen LogP contribution in [0.15, 0.2) is 47.3 Å². The predicted molar refractivity (Wildman–Crippen MR) is 124 cm³/mol. The van der Waals surface area contributed by atoms with Crippen molar-refractivity contribution in [2.75, 3.05) is 28.6 Å². The Morgan fingerprint density at radius 2 is 1.97 bits per heavy atom. The molecule has 0 saturated carbocycles. The highest BCUT2D eigenvalue weighted by Crippen LogP contribution is 2.32. The van der Waals surface area contributed by atoms with Crippen molar-refractivity contribution in [1.82, 2.24) is 9.97 Å². The van der Waals surface area contributed by atoms with E-state index in [-0.39, 0.29) is 29.3 Å². The monoisotopic (exact) mass is 431 g/mol. The average molecular weight is 431 g/mol. The molecular formula is C24H25N5O3. The summed E-state index contributed by atoms with van der Waals surface area (Å²) in [7, 11) is 0. The molecular weight excluding hydrogens is 406 g/mol. The number of fused-ring (bicyclic) bond motifs is 2. The molecule has 2 aliphatic rings. The molecule has 32 heavy (non-hydrogen) atoms. The Bertz CT molecular complexity index is 1260. The van der Waals surface area contributed by atoms with Crippen LogP contribution in [-0.4, -0.2) is 34.9 Å². The van der Waals surface area contributed by atoms with Gasteiger partial charge in [0.25, 0.3) is 5.56 Å². The Kier molecular flexibility index (Phi) is 5.13. The van der Waals surface area contributed by atoms with Gasteiger partial charge in [-0.05, 0) is 30.2 Å². The lowest BCUT2D eigenvalue weighted by Crippen LogP contribution is -2.40. The fraction of sp³-hybridized carbons (Fsp3) is 0.333. The lowest BCUT2D eigenvalue weighted by Gasteiger charge is -2.32. The third-order valence-electron chi connectivity index (χ3n) is 6.26. The number of piperidine rings is 1. The second-order valence-corrected chi connectivity index (χ2v) is 8.67. The number of carbonyl (C=O) groups is 2. The van der Waals surface area contributed by atoms with E-state index >= 15 is 0 Å². The van der Waals surface area contributed by atoms with Crippen molar-refractivity contribution < 1.29 is 9.59 Å². The molecule has 2 aliphatic heterocycles. The lowest BCUT2D eigenvalue weighted by atomic mass is 9.92. The summed E-state index contributed by atoms with van der Waals surface area (Å²) in [4.78, 5) is 48.1. The van der Waals surface area contributed by atoms with Gasteiger partial charge in [0.1, 0.15) is 5.82 Å². The van der Waals surface area contributed by atoms with Gasteiger partial charge in [-0.2, -0.15) is 4.98 Å². The fourth-order valence-corrected chi connectivity index (χ4v) is 4.67. The van der Waals surface area contributed by atoms with E-state index in [1.807, 2.05) is 47.4 Å². The molecule has 2 aromatic carbocycles. The number of benzene rings is 2. The number of aromatic nitrogens is 2. The summed E-state index contributed by atoms with van der Waals surface area (Å²) in [6.07, 6.45) is 2.05. The number of H-pyrrole nitrogens is 1. The van der Waals surface area contributed by atoms with Gasteiger partial charge in [0.15, 0.2) is 0 Å². The van der Waals surface area contributed by atoms with E-state index in [1.165, 1.54) is 0 Å². The summed E-state index contributed by atoms with van der Waals surface area (Å²) in [6, 6.07) is 13.4.